The molecule has 76 valence electrons. The highest BCUT2D eigenvalue weighted by Gasteiger charge is 2.30. The van der Waals surface area contributed by atoms with Gasteiger partial charge in [0, 0.05) is 7.05 Å². The van der Waals surface area contributed by atoms with Crippen LogP contribution in [0.2, 0.25) is 0 Å². The molecule has 0 heterocycles. The second-order valence-electron chi connectivity index (χ2n) is 3.92. The van der Waals surface area contributed by atoms with Gasteiger partial charge in [0.05, 0.1) is 0 Å². The van der Waals surface area contributed by atoms with Crippen molar-refractivity contribution < 1.29 is 9.59 Å². The third kappa shape index (κ3) is 3.78. The Morgan fingerprint density at radius 1 is 1.31 bits per heavy atom. The summed E-state index contributed by atoms with van der Waals surface area (Å²) in [4.78, 5) is 21.9. The Balaban J connectivity index is 4.46. The van der Waals surface area contributed by atoms with Crippen molar-refractivity contribution in [2.24, 2.45) is 11.1 Å². The summed E-state index contributed by atoms with van der Waals surface area (Å²) < 4.78 is 0. The lowest BCUT2D eigenvalue weighted by Gasteiger charge is -2.28. The summed E-state index contributed by atoms with van der Waals surface area (Å²) in [5, 5.41) is 4.85. The first-order valence-electron chi connectivity index (χ1n) is 4.06. The minimum absolute atomic E-state index is 0.377. The van der Waals surface area contributed by atoms with Crippen molar-refractivity contribution in [2.45, 2.75) is 26.8 Å². The van der Waals surface area contributed by atoms with E-state index in [4.69, 9.17) is 5.73 Å². The molecule has 5 heteroatoms. The number of hydrogen-bond acceptors (Lipinski definition) is 2. The third-order valence-corrected chi connectivity index (χ3v) is 1.65. The second-order valence-corrected chi connectivity index (χ2v) is 3.92. The van der Waals surface area contributed by atoms with E-state index in [-0.39, 0.29) is 5.41 Å². The van der Waals surface area contributed by atoms with Crippen molar-refractivity contribution in [3.63, 3.8) is 0 Å². The number of hydrogen-bond donors (Lipinski definition) is 3. The molecule has 0 rings (SSSR count). The van der Waals surface area contributed by atoms with Crippen LogP contribution < -0.4 is 16.4 Å². The summed E-state index contributed by atoms with van der Waals surface area (Å²) in [6, 6.07) is -1.06. The predicted octanol–water partition coefficient (Wildman–Crippen LogP) is -0.185. The third-order valence-electron chi connectivity index (χ3n) is 1.65. The molecule has 1 atom stereocenters. The van der Waals surface area contributed by atoms with Crippen molar-refractivity contribution in [1.29, 1.82) is 0 Å². The van der Waals surface area contributed by atoms with Gasteiger partial charge in [0.25, 0.3) is 0 Å². The Morgan fingerprint density at radius 2 is 1.77 bits per heavy atom. The van der Waals surface area contributed by atoms with Crippen molar-refractivity contribution in [1.82, 2.24) is 10.6 Å². The molecule has 0 fully saturated rings. The van der Waals surface area contributed by atoms with E-state index < -0.39 is 18.0 Å². The fraction of sp³-hybridized carbons (Fsp3) is 0.750. The number of amides is 3. The molecule has 0 aromatic rings. The van der Waals surface area contributed by atoms with Gasteiger partial charge in [-0.2, -0.15) is 0 Å². The van der Waals surface area contributed by atoms with E-state index in [1.807, 2.05) is 20.8 Å². The van der Waals surface area contributed by atoms with Crippen LogP contribution in [0.3, 0.4) is 0 Å². The van der Waals surface area contributed by atoms with Gasteiger partial charge in [0.15, 0.2) is 0 Å². The van der Waals surface area contributed by atoms with E-state index in [1.165, 1.54) is 7.05 Å². The summed E-state index contributed by atoms with van der Waals surface area (Å²) in [5.41, 5.74) is 4.77. The molecule has 0 saturated heterocycles. The SMILES string of the molecule is CNC(=O)N[C@H](C(N)=O)C(C)(C)C. The summed E-state index contributed by atoms with van der Waals surface area (Å²) in [6.45, 7) is 5.50. The van der Waals surface area contributed by atoms with Crippen LogP contribution in [0.4, 0.5) is 4.79 Å². The average Bonchev–Trinajstić information content (AvgIpc) is 1.96. The summed E-state index contributed by atoms with van der Waals surface area (Å²) in [5.74, 6) is -0.531. The van der Waals surface area contributed by atoms with Gasteiger partial charge < -0.3 is 16.4 Å². The Bertz CT molecular complexity index is 208. The molecule has 0 spiro atoms. The topological polar surface area (TPSA) is 84.2 Å². The molecule has 5 nitrogen and oxygen atoms in total. The molecule has 0 aromatic carbocycles. The standard InChI is InChI=1S/C8H17N3O2/c1-8(2,3)5(6(9)12)11-7(13)10-4/h5H,1-4H3,(H2,9,12)(H2,10,11,13)/t5-/m1/s1. The van der Waals surface area contributed by atoms with E-state index in [1.54, 1.807) is 0 Å². The molecule has 3 amide bonds. The Labute approximate surface area is 78.1 Å². The lowest BCUT2D eigenvalue weighted by Crippen LogP contribution is -2.54. The van der Waals surface area contributed by atoms with Gasteiger partial charge in [0.2, 0.25) is 5.91 Å². The normalized spacial score (nSPS) is 13.2. The minimum atomic E-state index is -0.660. The van der Waals surface area contributed by atoms with Gasteiger partial charge in [-0.1, -0.05) is 20.8 Å². The second kappa shape index (κ2) is 4.11. The molecule has 0 saturated carbocycles. The van der Waals surface area contributed by atoms with Crippen LogP contribution in [-0.2, 0) is 4.79 Å². The summed E-state index contributed by atoms with van der Waals surface area (Å²) >= 11 is 0. The van der Waals surface area contributed by atoms with E-state index >= 15 is 0 Å². The fourth-order valence-electron chi connectivity index (χ4n) is 0.918. The Hall–Kier alpha value is -1.26. The van der Waals surface area contributed by atoms with Crippen LogP contribution in [-0.4, -0.2) is 25.0 Å². The summed E-state index contributed by atoms with van der Waals surface area (Å²) in [6.07, 6.45) is 0. The highest BCUT2D eigenvalue weighted by molar-refractivity contribution is 5.86. The average molecular weight is 187 g/mol. The zero-order valence-corrected chi connectivity index (χ0v) is 8.47. The Kier molecular flexibility index (Phi) is 3.71. The Morgan fingerprint density at radius 3 is 2.00 bits per heavy atom. The molecule has 4 N–H and O–H groups in total. The molecular weight excluding hydrogens is 170 g/mol. The van der Waals surface area contributed by atoms with E-state index in [2.05, 4.69) is 10.6 Å². The van der Waals surface area contributed by atoms with Crippen molar-refractivity contribution in [2.75, 3.05) is 7.05 Å². The fourth-order valence-corrected chi connectivity index (χ4v) is 0.918. The number of carbonyl (C=O) groups is 2. The maximum atomic E-state index is 11.0. The minimum Gasteiger partial charge on any atom is -0.368 e. The molecular formula is C8H17N3O2. The molecule has 0 aliphatic heterocycles. The van der Waals surface area contributed by atoms with Crippen molar-refractivity contribution >= 4 is 11.9 Å². The first kappa shape index (κ1) is 11.7. The molecule has 0 aliphatic rings. The number of nitrogens with two attached hydrogens (primary N) is 1. The molecule has 0 aliphatic carbocycles. The zero-order chi connectivity index (χ0) is 10.6. The van der Waals surface area contributed by atoms with Crippen LogP contribution in [0, 0.1) is 5.41 Å². The van der Waals surface area contributed by atoms with Gasteiger partial charge in [0.1, 0.15) is 6.04 Å². The first-order chi connectivity index (χ1) is 5.79. The largest absolute Gasteiger partial charge is 0.368 e. The number of primary amides is 1. The van der Waals surface area contributed by atoms with Crippen LogP contribution in [0.15, 0.2) is 0 Å². The van der Waals surface area contributed by atoms with Gasteiger partial charge >= 0.3 is 6.03 Å². The van der Waals surface area contributed by atoms with Gasteiger partial charge in [-0.05, 0) is 5.41 Å². The lowest BCUT2D eigenvalue weighted by molar-refractivity contribution is -0.122. The van der Waals surface area contributed by atoms with E-state index in [0.29, 0.717) is 0 Å². The summed E-state index contributed by atoms with van der Waals surface area (Å²) in [7, 11) is 1.48. The quantitative estimate of drug-likeness (QED) is 0.560. The highest BCUT2D eigenvalue weighted by atomic mass is 16.2. The van der Waals surface area contributed by atoms with Gasteiger partial charge in [-0.25, -0.2) is 4.79 Å². The number of urea groups is 1. The number of carbonyl (C=O) groups excluding carboxylic acids is 2. The zero-order valence-electron chi connectivity index (χ0n) is 8.47. The van der Waals surface area contributed by atoms with Gasteiger partial charge in [-0.15, -0.1) is 0 Å². The molecule has 0 radical (unpaired) electrons. The van der Waals surface area contributed by atoms with E-state index in [0.717, 1.165) is 0 Å². The van der Waals surface area contributed by atoms with Crippen molar-refractivity contribution in [3.05, 3.63) is 0 Å². The molecule has 0 bridgehead atoms. The van der Waals surface area contributed by atoms with E-state index in [9.17, 15) is 9.59 Å². The number of nitrogens with one attached hydrogen (secondary N) is 2. The smallest absolute Gasteiger partial charge is 0.315 e. The van der Waals surface area contributed by atoms with Crippen LogP contribution in [0.5, 0.6) is 0 Å². The highest BCUT2D eigenvalue weighted by Crippen LogP contribution is 2.18. The molecule has 13 heavy (non-hydrogen) atoms. The van der Waals surface area contributed by atoms with Crippen LogP contribution in [0.25, 0.3) is 0 Å². The van der Waals surface area contributed by atoms with Crippen molar-refractivity contribution in [3.8, 4) is 0 Å². The molecule has 0 aromatic heterocycles. The van der Waals surface area contributed by atoms with Crippen LogP contribution >= 0.6 is 0 Å². The number of rotatable bonds is 2. The van der Waals surface area contributed by atoms with Crippen LogP contribution in [0.1, 0.15) is 20.8 Å². The first-order valence-corrected chi connectivity index (χ1v) is 4.06. The maximum absolute atomic E-state index is 11.0. The van der Waals surface area contributed by atoms with Gasteiger partial charge in [-0.3, -0.25) is 4.79 Å². The lowest BCUT2D eigenvalue weighted by atomic mass is 9.86. The predicted molar refractivity (Wildman–Crippen MR) is 50.0 cm³/mol. The molecule has 0 unspecified atom stereocenters. The maximum Gasteiger partial charge on any atom is 0.315 e. The monoisotopic (exact) mass is 187 g/mol.